The summed E-state index contributed by atoms with van der Waals surface area (Å²) in [5, 5.41) is 4.06. The molecule has 0 atom stereocenters. The zero-order valence-electron chi connectivity index (χ0n) is 18.2. The van der Waals surface area contributed by atoms with Gasteiger partial charge in [0.2, 0.25) is 0 Å². The number of carbonyl (C=O) groups excluding carboxylic acids is 2. The summed E-state index contributed by atoms with van der Waals surface area (Å²) in [6.07, 6.45) is 1.83. The van der Waals surface area contributed by atoms with Gasteiger partial charge in [0.05, 0.1) is 30.3 Å². The molecule has 3 rings (SSSR count). The molecule has 8 nitrogen and oxygen atoms in total. The molecule has 8 heteroatoms. The highest BCUT2D eigenvalue weighted by Gasteiger charge is 2.39. The van der Waals surface area contributed by atoms with E-state index in [0.29, 0.717) is 22.5 Å². The summed E-state index contributed by atoms with van der Waals surface area (Å²) >= 11 is 0. The number of esters is 2. The average Bonchev–Trinajstić information content (AvgIpc) is 3.17. The van der Waals surface area contributed by atoms with E-state index in [2.05, 4.69) is 10.3 Å². The van der Waals surface area contributed by atoms with Crippen LogP contribution in [0.15, 0.2) is 53.0 Å². The molecule has 0 spiro atoms. The molecule has 0 radical (unpaired) electrons. The number of aromatic amines is 1. The number of hydrogen-bond acceptors (Lipinski definition) is 7. The minimum Gasteiger partial charge on any atom is -0.460 e. The molecule has 2 aromatic rings. The van der Waals surface area contributed by atoms with Crippen molar-refractivity contribution in [1.82, 2.24) is 10.3 Å². The van der Waals surface area contributed by atoms with Gasteiger partial charge in [-0.2, -0.15) is 0 Å². The van der Waals surface area contributed by atoms with Crippen molar-refractivity contribution in [3.8, 4) is 0 Å². The first-order valence-corrected chi connectivity index (χ1v) is 10.1. The molecular weight excluding hydrogens is 400 g/mol. The van der Waals surface area contributed by atoms with Crippen molar-refractivity contribution in [2.75, 3.05) is 40.6 Å². The van der Waals surface area contributed by atoms with Crippen LogP contribution >= 0.6 is 0 Å². The van der Waals surface area contributed by atoms with E-state index in [-0.39, 0.29) is 26.4 Å². The topological polar surface area (TPSA) is 98.9 Å². The third-order valence-corrected chi connectivity index (χ3v) is 5.17. The molecule has 2 heterocycles. The van der Waals surface area contributed by atoms with Gasteiger partial charge in [0, 0.05) is 42.7 Å². The van der Waals surface area contributed by atoms with Crippen LogP contribution in [0.4, 0.5) is 0 Å². The van der Waals surface area contributed by atoms with Crippen LogP contribution in [-0.4, -0.2) is 57.6 Å². The van der Waals surface area contributed by atoms with Crippen molar-refractivity contribution < 1.29 is 28.5 Å². The number of para-hydroxylation sites is 1. The van der Waals surface area contributed by atoms with Gasteiger partial charge < -0.3 is 29.2 Å². The highest BCUT2D eigenvalue weighted by atomic mass is 16.6. The van der Waals surface area contributed by atoms with Crippen molar-refractivity contribution in [3.05, 3.63) is 58.6 Å². The van der Waals surface area contributed by atoms with Crippen molar-refractivity contribution in [3.63, 3.8) is 0 Å². The third-order valence-electron chi connectivity index (χ3n) is 5.17. The van der Waals surface area contributed by atoms with Crippen LogP contribution in [0.3, 0.4) is 0 Å². The lowest BCUT2D eigenvalue weighted by Crippen LogP contribution is -2.33. The predicted octanol–water partition coefficient (Wildman–Crippen LogP) is 2.78. The number of methoxy groups -OCH3 is 2. The molecule has 166 valence electrons. The summed E-state index contributed by atoms with van der Waals surface area (Å²) < 4.78 is 20.8. The number of ether oxygens (including phenoxy) is 4. The number of aromatic nitrogens is 1. The minimum absolute atomic E-state index is 0.114. The Morgan fingerprint density at radius 2 is 1.42 bits per heavy atom. The van der Waals surface area contributed by atoms with E-state index in [4.69, 9.17) is 18.9 Å². The zero-order chi connectivity index (χ0) is 22.4. The number of nitrogens with one attached hydrogen (secondary N) is 2. The first-order chi connectivity index (χ1) is 15.0. The fourth-order valence-corrected chi connectivity index (χ4v) is 3.77. The molecule has 0 aliphatic carbocycles. The summed E-state index contributed by atoms with van der Waals surface area (Å²) in [6, 6.07) is 7.74. The van der Waals surface area contributed by atoms with Gasteiger partial charge in [-0.15, -0.1) is 0 Å². The number of hydrogen-bond donors (Lipinski definition) is 2. The van der Waals surface area contributed by atoms with Crippen molar-refractivity contribution >= 4 is 22.8 Å². The maximum absolute atomic E-state index is 13.1. The quantitative estimate of drug-likeness (QED) is 0.468. The van der Waals surface area contributed by atoms with Gasteiger partial charge in [0.25, 0.3) is 0 Å². The number of rotatable bonds is 9. The van der Waals surface area contributed by atoms with Crippen LogP contribution < -0.4 is 5.32 Å². The van der Waals surface area contributed by atoms with Gasteiger partial charge in [0.15, 0.2) is 0 Å². The van der Waals surface area contributed by atoms with Gasteiger partial charge >= 0.3 is 11.9 Å². The fourth-order valence-electron chi connectivity index (χ4n) is 3.77. The summed E-state index contributed by atoms with van der Waals surface area (Å²) in [6.45, 7) is 4.39. The fraction of sp³-hybridized carbons (Fsp3) is 0.391. The van der Waals surface area contributed by atoms with Crippen molar-refractivity contribution in [2.24, 2.45) is 0 Å². The first kappa shape index (κ1) is 22.6. The van der Waals surface area contributed by atoms with Crippen LogP contribution in [0, 0.1) is 0 Å². The third kappa shape index (κ3) is 4.81. The molecular formula is C23H28N2O6. The van der Waals surface area contributed by atoms with E-state index >= 15 is 0 Å². The molecule has 2 N–H and O–H groups in total. The highest BCUT2D eigenvalue weighted by molar-refractivity contribution is 6.01. The number of benzene rings is 1. The molecule has 31 heavy (non-hydrogen) atoms. The van der Waals surface area contributed by atoms with Crippen molar-refractivity contribution in [1.29, 1.82) is 0 Å². The maximum Gasteiger partial charge on any atom is 0.336 e. The molecule has 1 aromatic carbocycles. The Bertz CT molecular complexity index is 976. The monoisotopic (exact) mass is 428 g/mol. The van der Waals surface area contributed by atoms with E-state index in [0.717, 1.165) is 16.5 Å². The number of allylic oxidation sites excluding steroid dienone is 2. The number of dihydropyridines is 1. The number of carbonyl (C=O) groups is 2. The van der Waals surface area contributed by atoms with Crippen LogP contribution in [-0.2, 0) is 28.5 Å². The maximum atomic E-state index is 13.1. The lowest BCUT2D eigenvalue weighted by Gasteiger charge is -2.30. The Morgan fingerprint density at radius 1 is 0.871 bits per heavy atom. The van der Waals surface area contributed by atoms with E-state index in [1.807, 2.05) is 30.5 Å². The van der Waals surface area contributed by atoms with Gasteiger partial charge in [-0.3, -0.25) is 0 Å². The van der Waals surface area contributed by atoms with Crippen LogP contribution in [0.1, 0.15) is 25.3 Å². The number of H-pyrrole nitrogens is 1. The summed E-state index contributed by atoms with van der Waals surface area (Å²) in [7, 11) is 3.07. The molecule has 0 fully saturated rings. The lowest BCUT2D eigenvalue weighted by molar-refractivity contribution is -0.141. The second kappa shape index (κ2) is 10.3. The molecule has 0 amide bonds. The normalized spacial score (nSPS) is 14.7. The average molecular weight is 428 g/mol. The summed E-state index contributed by atoms with van der Waals surface area (Å²) in [4.78, 5) is 29.4. The second-order valence-corrected chi connectivity index (χ2v) is 7.18. The Kier molecular flexibility index (Phi) is 7.49. The van der Waals surface area contributed by atoms with Gasteiger partial charge in [-0.25, -0.2) is 9.59 Å². The molecule has 1 aliphatic heterocycles. The Labute approximate surface area is 181 Å². The smallest absolute Gasteiger partial charge is 0.336 e. The summed E-state index contributed by atoms with van der Waals surface area (Å²) in [5.74, 6) is -1.67. The van der Waals surface area contributed by atoms with Gasteiger partial charge in [-0.1, -0.05) is 18.2 Å². The Morgan fingerprint density at radius 3 is 1.97 bits per heavy atom. The van der Waals surface area contributed by atoms with Crippen molar-refractivity contribution in [2.45, 2.75) is 19.8 Å². The molecule has 0 bridgehead atoms. The second-order valence-electron chi connectivity index (χ2n) is 7.18. The SMILES string of the molecule is COCCOC(=O)C1=C(C)NC(C)=C(C(=O)OCCOC)C1c1c[nH]c2ccccc12. The van der Waals surface area contributed by atoms with E-state index < -0.39 is 17.9 Å². The van der Waals surface area contributed by atoms with Gasteiger partial charge in [0.1, 0.15) is 13.2 Å². The molecule has 1 aromatic heterocycles. The predicted molar refractivity (Wildman–Crippen MR) is 115 cm³/mol. The molecule has 0 saturated carbocycles. The lowest BCUT2D eigenvalue weighted by atomic mass is 9.80. The Hall–Kier alpha value is -3.10. The van der Waals surface area contributed by atoms with E-state index in [1.165, 1.54) is 14.2 Å². The zero-order valence-corrected chi connectivity index (χ0v) is 18.2. The standard InChI is InChI=1S/C23H28N2O6/c1-14-19(22(26)30-11-9-28-3)21(17-13-24-18-8-6-5-7-16(17)18)20(15(2)25-14)23(27)31-12-10-29-4/h5-8,13,21,24-25H,9-12H2,1-4H3. The van der Waals surface area contributed by atoms with Crippen LogP contribution in [0.2, 0.25) is 0 Å². The van der Waals surface area contributed by atoms with Crippen LogP contribution in [0.5, 0.6) is 0 Å². The van der Waals surface area contributed by atoms with Gasteiger partial charge in [-0.05, 0) is 25.5 Å². The number of fused-ring (bicyclic) bond motifs is 1. The Balaban J connectivity index is 2.08. The molecule has 0 unspecified atom stereocenters. The largest absolute Gasteiger partial charge is 0.460 e. The summed E-state index contributed by atoms with van der Waals surface area (Å²) in [5.41, 5.74) is 3.70. The molecule has 1 aliphatic rings. The molecule has 0 saturated heterocycles. The highest BCUT2D eigenvalue weighted by Crippen LogP contribution is 2.41. The first-order valence-electron chi connectivity index (χ1n) is 10.1. The van der Waals surface area contributed by atoms with Crippen LogP contribution in [0.25, 0.3) is 10.9 Å². The minimum atomic E-state index is -0.650. The van der Waals surface area contributed by atoms with E-state index in [9.17, 15) is 9.59 Å². The van der Waals surface area contributed by atoms with E-state index in [1.54, 1.807) is 13.8 Å².